The summed E-state index contributed by atoms with van der Waals surface area (Å²) in [7, 11) is -3.83. The van der Waals surface area contributed by atoms with Crippen LogP contribution in [0.4, 0.5) is 15.3 Å². The topological polar surface area (TPSA) is 119 Å². The highest BCUT2D eigenvalue weighted by Crippen LogP contribution is 2.19. The normalized spacial score (nSPS) is 11.9. The van der Waals surface area contributed by atoms with Crippen LogP contribution in [0.1, 0.15) is 58.3 Å². The molecule has 0 radical (unpaired) electrons. The molecule has 0 aliphatic heterocycles. The van der Waals surface area contributed by atoms with Crippen molar-refractivity contribution in [3.05, 3.63) is 60.2 Å². The van der Waals surface area contributed by atoms with E-state index in [1.54, 1.807) is 59.7 Å². The van der Waals surface area contributed by atoms with Gasteiger partial charge in [0.1, 0.15) is 11.2 Å². The second-order valence-electron chi connectivity index (χ2n) is 9.78. The van der Waals surface area contributed by atoms with E-state index in [2.05, 4.69) is 4.72 Å². The van der Waals surface area contributed by atoms with Gasteiger partial charge in [0.25, 0.3) is 10.0 Å². The monoisotopic (exact) mass is 504 g/mol. The number of ether oxygens (including phenoxy) is 2. The molecule has 0 fully saturated rings. The molecule has 190 valence electrons. The summed E-state index contributed by atoms with van der Waals surface area (Å²) in [5, 5.41) is 0. The molecule has 9 nitrogen and oxygen atoms in total. The summed E-state index contributed by atoms with van der Waals surface area (Å²) in [6, 6.07) is 13.8. The first-order chi connectivity index (χ1) is 16.1. The molecule has 2 rings (SSSR count). The fourth-order valence-corrected chi connectivity index (χ4v) is 3.89. The van der Waals surface area contributed by atoms with Crippen LogP contribution < -0.4 is 4.72 Å². The fraction of sp³-hybridized carbons (Fsp3) is 0.400. The van der Waals surface area contributed by atoms with Crippen molar-refractivity contribution in [1.29, 1.82) is 0 Å². The Morgan fingerprint density at radius 3 is 1.89 bits per heavy atom. The molecule has 0 atom stereocenters. The average Bonchev–Trinajstić information content (AvgIpc) is 2.71. The summed E-state index contributed by atoms with van der Waals surface area (Å²) in [6.07, 6.45) is -2.07. The van der Waals surface area contributed by atoms with Crippen molar-refractivity contribution >= 4 is 33.7 Å². The molecule has 1 N–H and O–H groups in total. The quantitative estimate of drug-likeness (QED) is 0.513. The number of carbonyl (C=O) groups is 3. The van der Waals surface area contributed by atoms with Crippen LogP contribution in [-0.4, -0.2) is 49.0 Å². The molecular weight excluding hydrogens is 472 g/mol. The minimum absolute atomic E-state index is 0.0853. The second kappa shape index (κ2) is 10.9. The summed E-state index contributed by atoms with van der Waals surface area (Å²) < 4.78 is 38.2. The molecule has 0 aliphatic carbocycles. The van der Waals surface area contributed by atoms with Crippen LogP contribution in [0.2, 0.25) is 0 Å². The number of carbonyl (C=O) groups excluding carboxylic acids is 3. The van der Waals surface area contributed by atoms with E-state index >= 15 is 0 Å². The van der Waals surface area contributed by atoms with Crippen LogP contribution in [0.25, 0.3) is 0 Å². The number of anilines is 1. The zero-order valence-electron chi connectivity index (χ0n) is 20.8. The molecule has 10 heteroatoms. The van der Waals surface area contributed by atoms with Crippen molar-refractivity contribution < 1.29 is 32.3 Å². The van der Waals surface area contributed by atoms with E-state index in [1.165, 1.54) is 36.4 Å². The summed E-state index contributed by atoms with van der Waals surface area (Å²) in [5.74, 6) is -0.400. The van der Waals surface area contributed by atoms with E-state index in [0.29, 0.717) is 0 Å². The lowest BCUT2D eigenvalue weighted by Crippen LogP contribution is -2.44. The number of nitrogens with zero attached hydrogens (tertiary/aromatic N) is 1. The first kappa shape index (κ1) is 27.8. The van der Waals surface area contributed by atoms with Crippen LogP contribution in [-0.2, 0) is 19.5 Å². The first-order valence-corrected chi connectivity index (χ1v) is 12.5. The zero-order valence-corrected chi connectivity index (χ0v) is 21.6. The van der Waals surface area contributed by atoms with E-state index in [9.17, 15) is 22.8 Å². The standard InChI is InChI=1S/C25H32N2O7S/c1-24(2,3)33-22(29)27(23(30)34-25(4,5)6)16-15-21(28)18-11-10-12-19(17-18)26-35(31,32)20-13-8-7-9-14-20/h7-14,17,26H,15-16H2,1-6H3. The molecule has 35 heavy (non-hydrogen) atoms. The van der Waals surface area contributed by atoms with Gasteiger partial charge in [-0.2, -0.15) is 0 Å². The number of amides is 2. The molecular formula is C25H32N2O7S. The molecule has 2 aromatic carbocycles. The van der Waals surface area contributed by atoms with Crippen LogP contribution in [0.15, 0.2) is 59.5 Å². The maximum absolute atomic E-state index is 12.8. The summed E-state index contributed by atoms with van der Waals surface area (Å²) in [5.41, 5.74) is -1.29. The number of hydrogen-bond acceptors (Lipinski definition) is 7. The van der Waals surface area contributed by atoms with E-state index < -0.39 is 39.2 Å². The number of rotatable bonds is 7. The number of Topliss-reactive ketones (excluding diaryl/α,β-unsaturated/α-hetero) is 1. The van der Waals surface area contributed by atoms with Gasteiger partial charge in [-0.1, -0.05) is 30.3 Å². The van der Waals surface area contributed by atoms with Crippen molar-refractivity contribution in [1.82, 2.24) is 4.90 Å². The van der Waals surface area contributed by atoms with Gasteiger partial charge in [-0.05, 0) is 65.8 Å². The van der Waals surface area contributed by atoms with Gasteiger partial charge in [0.15, 0.2) is 5.78 Å². The predicted molar refractivity (Wildman–Crippen MR) is 132 cm³/mol. The Bertz CT molecular complexity index is 1140. The van der Waals surface area contributed by atoms with E-state index in [-0.39, 0.29) is 29.1 Å². The molecule has 2 aromatic rings. The Morgan fingerprint density at radius 2 is 1.37 bits per heavy atom. The summed E-state index contributed by atoms with van der Waals surface area (Å²) >= 11 is 0. The number of imide groups is 1. The van der Waals surface area contributed by atoms with Crippen LogP contribution in [0.5, 0.6) is 0 Å². The van der Waals surface area contributed by atoms with E-state index in [1.807, 2.05) is 0 Å². The van der Waals surface area contributed by atoms with Crippen molar-refractivity contribution in [2.75, 3.05) is 11.3 Å². The minimum atomic E-state index is -3.83. The Labute approximate surface area is 206 Å². The van der Waals surface area contributed by atoms with Gasteiger partial charge in [-0.25, -0.2) is 22.9 Å². The highest BCUT2D eigenvalue weighted by atomic mass is 32.2. The number of benzene rings is 2. The smallest absolute Gasteiger partial charge is 0.419 e. The van der Waals surface area contributed by atoms with Gasteiger partial charge in [0.2, 0.25) is 0 Å². The molecule has 0 saturated carbocycles. The third-order valence-corrected chi connectivity index (χ3v) is 5.68. The Morgan fingerprint density at radius 1 is 0.829 bits per heavy atom. The number of hydrogen-bond donors (Lipinski definition) is 1. The van der Waals surface area contributed by atoms with Crippen molar-refractivity contribution in [2.24, 2.45) is 0 Å². The molecule has 2 amide bonds. The SMILES string of the molecule is CC(C)(C)OC(=O)N(CCC(=O)c1cccc(NS(=O)(=O)c2ccccc2)c1)C(=O)OC(C)(C)C. The van der Waals surface area contributed by atoms with Gasteiger partial charge >= 0.3 is 12.2 Å². The molecule has 0 bridgehead atoms. The Kier molecular flexibility index (Phi) is 8.67. The zero-order chi connectivity index (χ0) is 26.4. The Balaban J connectivity index is 2.16. The van der Waals surface area contributed by atoms with Gasteiger partial charge in [0.05, 0.1) is 4.90 Å². The Hall–Kier alpha value is -3.40. The maximum Gasteiger partial charge on any atom is 0.419 e. The van der Waals surface area contributed by atoms with Crippen LogP contribution >= 0.6 is 0 Å². The van der Waals surface area contributed by atoms with Gasteiger partial charge in [-0.3, -0.25) is 9.52 Å². The number of nitrogens with one attached hydrogen (secondary N) is 1. The first-order valence-electron chi connectivity index (χ1n) is 11.0. The summed E-state index contributed by atoms with van der Waals surface area (Å²) in [6.45, 7) is 9.67. The second-order valence-corrected chi connectivity index (χ2v) is 11.5. The van der Waals surface area contributed by atoms with E-state index in [0.717, 1.165) is 4.90 Å². The largest absolute Gasteiger partial charge is 0.443 e. The molecule has 0 saturated heterocycles. The van der Waals surface area contributed by atoms with Gasteiger partial charge in [-0.15, -0.1) is 0 Å². The third-order valence-electron chi connectivity index (χ3n) is 4.28. The lowest BCUT2D eigenvalue weighted by molar-refractivity contribution is 0.00166. The molecule has 0 heterocycles. The van der Waals surface area contributed by atoms with Crippen LogP contribution in [0, 0.1) is 0 Å². The lowest BCUT2D eigenvalue weighted by atomic mass is 10.1. The highest BCUT2D eigenvalue weighted by Gasteiger charge is 2.31. The third kappa shape index (κ3) is 9.05. The lowest BCUT2D eigenvalue weighted by Gasteiger charge is -2.28. The van der Waals surface area contributed by atoms with Crippen molar-refractivity contribution in [2.45, 2.75) is 64.1 Å². The number of ketones is 1. The van der Waals surface area contributed by atoms with Gasteiger partial charge in [0, 0.05) is 24.2 Å². The number of sulfonamides is 1. The molecule has 0 aromatic heterocycles. The van der Waals surface area contributed by atoms with Crippen LogP contribution in [0.3, 0.4) is 0 Å². The van der Waals surface area contributed by atoms with Crippen molar-refractivity contribution in [3.63, 3.8) is 0 Å². The molecule has 0 spiro atoms. The molecule has 0 aliphatic rings. The fourth-order valence-electron chi connectivity index (χ4n) is 2.82. The average molecular weight is 505 g/mol. The minimum Gasteiger partial charge on any atom is -0.443 e. The van der Waals surface area contributed by atoms with E-state index in [4.69, 9.17) is 9.47 Å². The van der Waals surface area contributed by atoms with Gasteiger partial charge < -0.3 is 9.47 Å². The maximum atomic E-state index is 12.8. The van der Waals surface area contributed by atoms with Crippen molar-refractivity contribution in [3.8, 4) is 0 Å². The highest BCUT2D eigenvalue weighted by molar-refractivity contribution is 7.92. The molecule has 0 unspecified atom stereocenters. The summed E-state index contributed by atoms with van der Waals surface area (Å²) in [4.78, 5) is 38.9. The predicted octanol–water partition coefficient (Wildman–Crippen LogP) is 5.23.